The number of aliphatic hydroxyl groups is 1. The van der Waals surface area contributed by atoms with Crippen molar-refractivity contribution in [3.05, 3.63) is 58.6 Å². The number of hydrogen-bond acceptors (Lipinski definition) is 5. The Morgan fingerprint density at radius 1 is 0.975 bits per heavy atom. The van der Waals surface area contributed by atoms with Crippen LogP contribution in [0.1, 0.15) is 60.9 Å². The van der Waals surface area contributed by atoms with Gasteiger partial charge in [-0.2, -0.15) is 0 Å². The maximum Gasteiger partial charge on any atom is 0.259 e. The van der Waals surface area contributed by atoms with Gasteiger partial charge in [-0.15, -0.1) is 0 Å². The predicted molar refractivity (Wildman–Crippen MR) is 158 cm³/mol. The molecule has 2 amide bonds. The van der Waals surface area contributed by atoms with Gasteiger partial charge in [0.15, 0.2) is 5.60 Å². The molecule has 0 radical (unpaired) electrons. The van der Waals surface area contributed by atoms with Gasteiger partial charge in [0.05, 0.1) is 17.7 Å². The highest BCUT2D eigenvalue weighted by molar-refractivity contribution is 6.34. The minimum Gasteiger partial charge on any atom is -0.497 e. The normalized spacial score (nSPS) is 20.2. The summed E-state index contributed by atoms with van der Waals surface area (Å²) in [6, 6.07) is 13.1. The first-order valence-electron chi connectivity index (χ1n) is 14.6. The van der Waals surface area contributed by atoms with E-state index in [0.29, 0.717) is 46.8 Å². The Kier molecular flexibility index (Phi) is 8.62. The predicted octanol–water partition coefficient (Wildman–Crippen LogP) is 5.19. The number of amides is 2. The molecule has 0 spiro atoms. The summed E-state index contributed by atoms with van der Waals surface area (Å²) < 4.78 is 5.36. The first kappa shape index (κ1) is 28.7. The largest absolute Gasteiger partial charge is 0.497 e. The second-order valence-electron chi connectivity index (χ2n) is 12.0. The number of piperidine rings is 2. The van der Waals surface area contributed by atoms with Crippen LogP contribution in [0, 0.1) is 17.8 Å². The lowest BCUT2D eigenvalue weighted by atomic mass is 9.81. The quantitative estimate of drug-likeness (QED) is 0.475. The molecule has 40 heavy (non-hydrogen) atoms. The second kappa shape index (κ2) is 12.0. The molecule has 0 aromatic heterocycles. The van der Waals surface area contributed by atoms with Crippen LogP contribution < -0.4 is 9.64 Å². The monoisotopic (exact) mass is 567 g/mol. The standard InChI is InChI=1S/C32H42ClN3O4/c1-34(2)30(37)28-10-9-26(21-29(28)33)35-15-11-22(12-16-35)19-23-13-17-36(18-14-23)31(38)32(39,24-7-8-24)25-5-4-6-27(20-25)40-3/h4-6,9-10,20-24,39H,7-8,11-19H2,1-3H3/t32-/m1/s1. The topological polar surface area (TPSA) is 73.3 Å². The third-order valence-corrected chi connectivity index (χ3v) is 9.45. The van der Waals surface area contributed by atoms with Crippen molar-refractivity contribution in [2.45, 2.75) is 50.5 Å². The molecule has 1 N–H and O–H groups in total. The number of benzene rings is 2. The van der Waals surface area contributed by atoms with Gasteiger partial charge in [-0.3, -0.25) is 9.59 Å². The molecule has 1 aliphatic carbocycles. The van der Waals surface area contributed by atoms with Crippen molar-refractivity contribution in [1.82, 2.24) is 9.80 Å². The van der Waals surface area contributed by atoms with Gasteiger partial charge in [-0.05, 0) is 92.7 Å². The van der Waals surface area contributed by atoms with Crippen LogP contribution in [0.5, 0.6) is 5.75 Å². The van der Waals surface area contributed by atoms with Crippen molar-refractivity contribution in [2.75, 3.05) is 52.3 Å². The van der Waals surface area contributed by atoms with E-state index in [1.165, 1.54) is 6.42 Å². The number of halogens is 1. The van der Waals surface area contributed by atoms with Gasteiger partial charge in [-0.1, -0.05) is 23.7 Å². The summed E-state index contributed by atoms with van der Waals surface area (Å²) in [6.07, 6.45) is 7.18. The Morgan fingerprint density at radius 2 is 1.62 bits per heavy atom. The maximum absolute atomic E-state index is 13.7. The first-order chi connectivity index (χ1) is 19.2. The molecule has 2 aliphatic heterocycles. The van der Waals surface area contributed by atoms with E-state index >= 15 is 0 Å². The van der Waals surface area contributed by atoms with Gasteiger partial charge in [0.25, 0.3) is 11.8 Å². The van der Waals surface area contributed by atoms with Crippen LogP contribution in [0.3, 0.4) is 0 Å². The van der Waals surface area contributed by atoms with E-state index < -0.39 is 5.60 Å². The number of nitrogens with zero attached hydrogens (tertiary/aromatic N) is 3. The fourth-order valence-corrected chi connectivity index (χ4v) is 6.78. The van der Waals surface area contributed by atoms with Crippen LogP contribution in [0.2, 0.25) is 5.02 Å². The fraction of sp³-hybridized carbons (Fsp3) is 0.562. The van der Waals surface area contributed by atoms with Crippen molar-refractivity contribution < 1.29 is 19.4 Å². The van der Waals surface area contributed by atoms with Gasteiger partial charge >= 0.3 is 0 Å². The molecule has 2 aromatic carbocycles. The van der Waals surface area contributed by atoms with E-state index in [-0.39, 0.29) is 17.7 Å². The molecule has 0 bridgehead atoms. The molecule has 2 saturated heterocycles. The molecule has 0 unspecified atom stereocenters. The first-order valence-corrected chi connectivity index (χ1v) is 15.0. The summed E-state index contributed by atoms with van der Waals surface area (Å²) >= 11 is 6.45. The molecule has 216 valence electrons. The molecule has 3 aliphatic rings. The smallest absolute Gasteiger partial charge is 0.259 e. The third-order valence-electron chi connectivity index (χ3n) is 9.14. The van der Waals surface area contributed by atoms with Crippen molar-refractivity contribution in [2.24, 2.45) is 17.8 Å². The molecule has 3 fully saturated rings. The summed E-state index contributed by atoms with van der Waals surface area (Å²) in [5.41, 5.74) is 0.794. The van der Waals surface area contributed by atoms with E-state index in [2.05, 4.69) is 4.90 Å². The van der Waals surface area contributed by atoms with Crippen LogP contribution in [-0.2, 0) is 10.4 Å². The molecule has 2 aromatic rings. The maximum atomic E-state index is 13.7. The second-order valence-corrected chi connectivity index (χ2v) is 12.4. The van der Waals surface area contributed by atoms with Crippen LogP contribution in [0.15, 0.2) is 42.5 Å². The fourth-order valence-electron chi connectivity index (χ4n) is 6.52. The molecule has 1 atom stereocenters. The summed E-state index contributed by atoms with van der Waals surface area (Å²) in [6.45, 7) is 3.37. The highest BCUT2D eigenvalue weighted by Crippen LogP contribution is 2.48. The number of likely N-dealkylation sites (tertiary alicyclic amines) is 1. The van der Waals surface area contributed by atoms with Crippen LogP contribution in [-0.4, -0.2) is 74.1 Å². The van der Waals surface area contributed by atoms with E-state index in [9.17, 15) is 14.7 Å². The number of anilines is 1. The lowest BCUT2D eigenvalue weighted by Gasteiger charge is -2.40. The van der Waals surface area contributed by atoms with Crippen LogP contribution in [0.4, 0.5) is 5.69 Å². The summed E-state index contributed by atoms with van der Waals surface area (Å²) in [5, 5.41) is 12.2. The number of hydrogen-bond donors (Lipinski definition) is 1. The minimum absolute atomic E-state index is 0.0189. The van der Waals surface area contributed by atoms with Crippen molar-refractivity contribution >= 4 is 29.1 Å². The molecule has 7 nitrogen and oxygen atoms in total. The Hall–Kier alpha value is -2.77. The number of ether oxygens (including phenoxy) is 1. The zero-order valence-corrected chi connectivity index (χ0v) is 24.7. The molecular weight excluding hydrogens is 526 g/mol. The summed E-state index contributed by atoms with van der Waals surface area (Å²) in [5.74, 6) is 1.70. The minimum atomic E-state index is -1.46. The van der Waals surface area contributed by atoms with Gasteiger partial charge in [0, 0.05) is 51.9 Å². The molecular formula is C32H42ClN3O4. The SMILES string of the molecule is COc1cccc([C@@](O)(C(=O)N2CCC(CC3CCN(c4ccc(C(=O)N(C)C)c(Cl)c4)CC3)CC2)C2CC2)c1. The van der Waals surface area contributed by atoms with Gasteiger partial charge in [-0.25, -0.2) is 0 Å². The number of rotatable bonds is 8. The zero-order valence-electron chi connectivity index (χ0n) is 23.9. The lowest BCUT2D eigenvalue weighted by molar-refractivity contribution is -0.156. The summed E-state index contributed by atoms with van der Waals surface area (Å²) in [4.78, 5) is 31.8. The number of methoxy groups -OCH3 is 1. The van der Waals surface area contributed by atoms with Crippen LogP contribution >= 0.6 is 11.6 Å². The molecule has 2 heterocycles. The highest BCUT2D eigenvalue weighted by atomic mass is 35.5. The van der Waals surface area contributed by atoms with Gasteiger partial charge in [0.2, 0.25) is 0 Å². The van der Waals surface area contributed by atoms with E-state index in [1.54, 1.807) is 32.2 Å². The number of carbonyl (C=O) groups excluding carboxylic acids is 2. The molecule has 1 saturated carbocycles. The van der Waals surface area contributed by atoms with Crippen molar-refractivity contribution in [3.8, 4) is 5.75 Å². The van der Waals surface area contributed by atoms with E-state index in [4.69, 9.17) is 16.3 Å². The third kappa shape index (κ3) is 5.96. The van der Waals surface area contributed by atoms with E-state index in [1.807, 2.05) is 41.3 Å². The van der Waals surface area contributed by atoms with Crippen molar-refractivity contribution in [1.29, 1.82) is 0 Å². The lowest BCUT2D eigenvalue weighted by Crippen LogP contribution is -2.51. The Labute approximate surface area is 243 Å². The molecule has 8 heteroatoms. The zero-order chi connectivity index (χ0) is 28.4. The molecule has 5 rings (SSSR count). The number of carbonyl (C=O) groups is 2. The summed E-state index contributed by atoms with van der Waals surface area (Å²) in [7, 11) is 5.07. The Morgan fingerprint density at radius 3 is 2.20 bits per heavy atom. The Bertz CT molecular complexity index is 1220. The van der Waals surface area contributed by atoms with Gasteiger partial charge in [0.1, 0.15) is 5.75 Å². The average Bonchev–Trinajstić information content (AvgIpc) is 3.83. The van der Waals surface area contributed by atoms with Crippen molar-refractivity contribution in [3.63, 3.8) is 0 Å². The van der Waals surface area contributed by atoms with E-state index in [0.717, 1.165) is 57.3 Å². The average molecular weight is 568 g/mol. The van der Waals surface area contributed by atoms with Crippen LogP contribution in [0.25, 0.3) is 0 Å². The Balaban J connectivity index is 1.12. The highest BCUT2D eigenvalue weighted by Gasteiger charge is 2.52. The van der Waals surface area contributed by atoms with Gasteiger partial charge < -0.3 is 24.5 Å².